The molecule has 0 bridgehead atoms. The van der Waals surface area contributed by atoms with Crippen LogP contribution in [-0.2, 0) is 0 Å². The number of nitro groups is 1. The molecule has 17 heavy (non-hydrogen) atoms. The SMILES string of the molecule is CC(CC1CC1)Nc1ncnc(Cl)c1[N+](=O)[O-]. The molecule has 1 aromatic heterocycles. The Morgan fingerprint density at radius 2 is 2.35 bits per heavy atom. The molecule has 1 saturated carbocycles. The van der Waals surface area contributed by atoms with Crippen LogP contribution in [-0.4, -0.2) is 20.9 Å². The molecule has 1 heterocycles. The van der Waals surface area contributed by atoms with Gasteiger partial charge in [-0.3, -0.25) is 10.1 Å². The van der Waals surface area contributed by atoms with Gasteiger partial charge in [0.15, 0.2) is 0 Å². The highest BCUT2D eigenvalue weighted by Crippen LogP contribution is 2.35. The third-order valence-electron chi connectivity index (χ3n) is 2.73. The van der Waals surface area contributed by atoms with Gasteiger partial charge in [0.05, 0.1) is 4.92 Å². The van der Waals surface area contributed by atoms with Gasteiger partial charge < -0.3 is 5.32 Å². The molecule has 1 aromatic rings. The molecule has 2 rings (SSSR count). The number of hydrogen-bond donors (Lipinski definition) is 1. The Balaban J connectivity index is 2.13. The van der Waals surface area contributed by atoms with E-state index in [0.29, 0.717) is 0 Å². The van der Waals surface area contributed by atoms with Crippen molar-refractivity contribution >= 4 is 23.1 Å². The van der Waals surface area contributed by atoms with Crippen molar-refractivity contribution in [2.75, 3.05) is 5.32 Å². The lowest BCUT2D eigenvalue weighted by Crippen LogP contribution is -2.18. The zero-order valence-electron chi connectivity index (χ0n) is 9.39. The first-order valence-electron chi connectivity index (χ1n) is 5.49. The maximum Gasteiger partial charge on any atom is 0.348 e. The van der Waals surface area contributed by atoms with E-state index >= 15 is 0 Å². The summed E-state index contributed by atoms with van der Waals surface area (Å²) in [5.74, 6) is 0.942. The second-order valence-corrected chi connectivity index (χ2v) is 4.70. The van der Waals surface area contributed by atoms with Crippen molar-refractivity contribution in [3.05, 3.63) is 21.6 Å². The number of nitrogens with zero attached hydrogens (tertiary/aromatic N) is 3. The Labute approximate surface area is 104 Å². The summed E-state index contributed by atoms with van der Waals surface area (Å²) < 4.78 is 0. The average Bonchev–Trinajstić information content (AvgIpc) is 3.00. The van der Waals surface area contributed by atoms with Gasteiger partial charge in [-0.2, -0.15) is 0 Å². The molecule has 0 spiro atoms. The van der Waals surface area contributed by atoms with Crippen LogP contribution < -0.4 is 5.32 Å². The summed E-state index contributed by atoms with van der Waals surface area (Å²) in [6.45, 7) is 1.98. The lowest BCUT2D eigenvalue weighted by Gasteiger charge is -2.13. The number of halogens is 1. The van der Waals surface area contributed by atoms with Crippen molar-refractivity contribution < 1.29 is 4.92 Å². The first-order valence-corrected chi connectivity index (χ1v) is 5.87. The van der Waals surface area contributed by atoms with Crippen LogP contribution in [0, 0.1) is 16.0 Å². The van der Waals surface area contributed by atoms with Crippen LogP contribution in [0.3, 0.4) is 0 Å². The van der Waals surface area contributed by atoms with Crippen LogP contribution in [0.15, 0.2) is 6.33 Å². The second-order valence-electron chi connectivity index (χ2n) is 4.34. The molecule has 0 saturated heterocycles. The fourth-order valence-corrected chi connectivity index (χ4v) is 1.97. The fourth-order valence-electron chi connectivity index (χ4n) is 1.77. The van der Waals surface area contributed by atoms with E-state index in [9.17, 15) is 10.1 Å². The fraction of sp³-hybridized carbons (Fsp3) is 0.600. The van der Waals surface area contributed by atoms with E-state index < -0.39 is 4.92 Å². The predicted octanol–water partition coefficient (Wildman–Crippen LogP) is 2.64. The normalized spacial score (nSPS) is 16.6. The monoisotopic (exact) mass is 256 g/mol. The van der Waals surface area contributed by atoms with Crippen molar-refractivity contribution in [1.82, 2.24) is 9.97 Å². The zero-order valence-corrected chi connectivity index (χ0v) is 10.1. The number of hydrogen-bond acceptors (Lipinski definition) is 5. The summed E-state index contributed by atoms with van der Waals surface area (Å²) in [7, 11) is 0. The molecule has 1 atom stereocenters. The molecule has 1 N–H and O–H groups in total. The topological polar surface area (TPSA) is 81.0 Å². The van der Waals surface area contributed by atoms with E-state index in [1.807, 2.05) is 6.92 Å². The molecular formula is C10H13ClN4O2. The van der Waals surface area contributed by atoms with Crippen LogP contribution >= 0.6 is 11.6 Å². The van der Waals surface area contributed by atoms with Crippen LogP contribution in [0.4, 0.5) is 11.5 Å². The Kier molecular flexibility index (Phi) is 3.42. The quantitative estimate of drug-likeness (QED) is 0.498. The first kappa shape index (κ1) is 12.0. The minimum atomic E-state index is -0.561. The van der Waals surface area contributed by atoms with Crippen molar-refractivity contribution in [3.8, 4) is 0 Å². The second kappa shape index (κ2) is 4.83. The van der Waals surface area contributed by atoms with E-state index in [1.165, 1.54) is 19.2 Å². The molecule has 1 unspecified atom stereocenters. The van der Waals surface area contributed by atoms with Gasteiger partial charge >= 0.3 is 5.69 Å². The highest BCUT2D eigenvalue weighted by molar-refractivity contribution is 6.31. The smallest absolute Gasteiger partial charge is 0.348 e. The molecule has 0 aromatic carbocycles. The highest BCUT2D eigenvalue weighted by Gasteiger charge is 2.26. The van der Waals surface area contributed by atoms with E-state index in [-0.39, 0.29) is 22.7 Å². The maximum atomic E-state index is 10.9. The van der Waals surface area contributed by atoms with E-state index in [4.69, 9.17) is 11.6 Å². The van der Waals surface area contributed by atoms with Crippen LogP contribution in [0.25, 0.3) is 0 Å². The lowest BCUT2D eigenvalue weighted by molar-refractivity contribution is -0.384. The number of nitrogens with one attached hydrogen (secondary N) is 1. The molecule has 1 fully saturated rings. The van der Waals surface area contributed by atoms with Gasteiger partial charge in [-0.1, -0.05) is 24.4 Å². The van der Waals surface area contributed by atoms with Crippen molar-refractivity contribution in [2.24, 2.45) is 5.92 Å². The van der Waals surface area contributed by atoms with E-state index in [1.54, 1.807) is 0 Å². The molecule has 1 aliphatic carbocycles. The van der Waals surface area contributed by atoms with E-state index in [0.717, 1.165) is 12.3 Å². The summed E-state index contributed by atoms with van der Waals surface area (Å²) in [6.07, 6.45) is 4.72. The molecule has 92 valence electrons. The van der Waals surface area contributed by atoms with Gasteiger partial charge in [0, 0.05) is 6.04 Å². The molecule has 6 nitrogen and oxygen atoms in total. The van der Waals surface area contributed by atoms with Crippen molar-refractivity contribution in [2.45, 2.75) is 32.2 Å². The summed E-state index contributed by atoms with van der Waals surface area (Å²) >= 11 is 5.69. The van der Waals surface area contributed by atoms with Crippen LogP contribution in [0.5, 0.6) is 0 Å². The van der Waals surface area contributed by atoms with Gasteiger partial charge in [-0.25, -0.2) is 9.97 Å². The summed E-state index contributed by atoms with van der Waals surface area (Å²) in [5, 5.41) is 13.8. The number of anilines is 1. The lowest BCUT2D eigenvalue weighted by atomic mass is 10.1. The largest absolute Gasteiger partial charge is 0.362 e. The minimum absolute atomic E-state index is 0.133. The average molecular weight is 257 g/mol. The number of aromatic nitrogens is 2. The van der Waals surface area contributed by atoms with Gasteiger partial charge in [0.25, 0.3) is 0 Å². The van der Waals surface area contributed by atoms with Gasteiger partial charge in [0.2, 0.25) is 11.0 Å². The molecule has 0 radical (unpaired) electrons. The third kappa shape index (κ3) is 3.03. The summed E-state index contributed by atoms with van der Waals surface area (Å²) in [6, 6.07) is 0.146. The molecule has 1 aliphatic rings. The molecule has 0 amide bonds. The summed E-state index contributed by atoms with van der Waals surface area (Å²) in [5.41, 5.74) is -0.253. The Morgan fingerprint density at radius 3 is 2.94 bits per heavy atom. The van der Waals surface area contributed by atoms with Crippen molar-refractivity contribution in [3.63, 3.8) is 0 Å². The molecule has 0 aliphatic heterocycles. The third-order valence-corrected chi connectivity index (χ3v) is 3.00. The van der Waals surface area contributed by atoms with E-state index in [2.05, 4.69) is 15.3 Å². The minimum Gasteiger partial charge on any atom is -0.362 e. The first-order chi connectivity index (χ1) is 8.08. The van der Waals surface area contributed by atoms with Crippen LogP contribution in [0.1, 0.15) is 26.2 Å². The van der Waals surface area contributed by atoms with Gasteiger partial charge in [0.1, 0.15) is 6.33 Å². The summed E-state index contributed by atoms with van der Waals surface area (Å²) in [4.78, 5) is 17.8. The number of rotatable bonds is 5. The molecular weight excluding hydrogens is 244 g/mol. The maximum absolute atomic E-state index is 10.9. The van der Waals surface area contributed by atoms with Gasteiger partial charge in [-0.15, -0.1) is 0 Å². The Hall–Kier alpha value is -1.43. The zero-order chi connectivity index (χ0) is 12.4. The predicted molar refractivity (Wildman–Crippen MR) is 64.1 cm³/mol. The Bertz CT molecular complexity index is 436. The van der Waals surface area contributed by atoms with Crippen molar-refractivity contribution in [1.29, 1.82) is 0 Å². The highest BCUT2D eigenvalue weighted by atomic mass is 35.5. The Morgan fingerprint density at radius 1 is 1.65 bits per heavy atom. The van der Waals surface area contributed by atoms with Crippen LogP contribution in [0.2, 0.25) is 5.15 Å². The standard InChI is InChI=1S/C10H13ClN4O2/c1-6(4-7-2-3-7)14-10-8(15(16)17)9(11)12-5-13-10/h5-7H,2-4H2,1H3,(H,12,13,14). The molecule has 7 heteroatoms. The van der Waals surface area contributed by atoms with Gasteiger partial charge in [-0.05, 0) is 19.3 Å².